The van der Waals surface area contributed by atoms with Gasteiger partial charge >= 0.3 is 35.8 Å². The lowest BCUT2D eigenvalue weighted by Crippen LogP contribution is -2.14. The Labute approximate surface area is 196 Å². The van der Waals surface area contributed by atoms with E-state index in [1.165, 1.54) is 0 Å². The molecule has 14 nitrogen and oxygen atoms in total. The molecule has 1 fully saturated rings. The molecule has 0 aromatic carbocycles. The number of unbranched alkanes of at least 4 members (excludes halogenated alkanes) is 1. The molecule has 1 aliphatic rings. The third kappa shape index (κ3) is 39.2. The second kappa shape index (κ2) is 26.0. The van der Waals surface area contributed by atoms with Crippen LogP contribution in [0.4, 0.5) is 0 Å². The number of carbonyl (C=O) groups excluding carboxylic acids is 2. The first kappa shape index (κ1) is 35.3. The Bertz CT molecular complexity index is 550. The second-order valence-corrected chi connectivity index (χ2v) is 6.38. The van der Waals surface area contributed by atoms with Crippen molar-refractivity contribution in [1.82, 2.24) is 0 Å². The van der Waals surface area contributed by atoms with Gasteiger partial charge in [-0.05, 0) is 25.7 Å². The molecule has 0 aromatic heterocycles. The molecule has 0 amide bonds. The fourth-order valence-electron chi connectivity index (χ4n) is 1.69. The Morgan fingerprint density at radius 1 is 0.588 bits per heavy atom. The first-order valence-electron chi connectivity index (χ1n) is 10.4. The van der Waals surface area contributed by atoms with E-state index < -0.39 is 23.9 Å². The molecule has 1 heterocycles. The zero-order chi connectivity index (χ0) is 26.8. The Balaban J connectivity index is -0.000000400. The van der Waals surface area contributed by atoms with Crippen LogP contribution in [0, 0.1) is 0 Å². The zero-order valence-electron chi connectivity index (χ0n) is 18.8. The summed E-state index contributed by atoms with van der Waals surface area (Å²) in [6.45, 7) is 0.632. The van der Waals surface area contributed by atoms with Gasteiger partial charge in [0.2, 0.25) is 0 Å². The van der Waals surface area contributed by atoms with Crippen molar-refractivity contribution in [2.45, 2.75) is 64.2 Å². The van der Waals surface area contributed by atoms with Gasteiger partial charge in [-0.3, -0.25) is 28.8 Å². The van der Waals surface area contributed by atoms with E-state index in [9.17, 15) is 28.8 Å². The molecule has 198 valence electrons. The summed E-state index contributed by atoms with van der Waals surface area (Å²) in [7, 11) is 0. The summed E-state index contributed by atoms with van der Waals surface area (Å²) in [5.74, 6) is -4.52. The molecule has 1 aliphatic heterocycles. The number of hydrogen-bond acceptors (Lipinski definition) is 10. The number of carboxylic acids is 4. The molecule has 14 heteroatoms. The monoisotopic (exact) mass is 498 g/mol. The van der Waals surface area contributed by atoms with Crippen LogP contribution in [0.15, 0.2) is 0 Å². The molecular formula is C20H34O14. The molecule has 0 atom stereocenters. The smallest absolute Gasteiger partial charge is 0.306 e. The van der Waals surface area contributed by atoms with E-state index >= 15 is 0 Å². The number of esters is 2. The van der Waals surface area contributed by atoms with E-state index in [2.05, 4.69) is 0 Å². The summed E-state index contributed by atoms with van der Waals surface area (Å²) in [5, 5.41) is 47.3. The average molecular weight is 498 g/mol. The quantitative estimate of drug-likeness (QED) is 0.185. The molecule has 0 aromatic rings. The molecule has 1 saturated heterocycles. The third-order valence-corrected chi connectivity index (χ3v) is 3.28. The van der Waals surface area contributed by atoms with Crippen LogP contribution in [0.3, 0.4) is 0 Å². The lowest BCUT2D eigenvalue weighted by Gasteiger charge is -2.08. The van der Waals surface area contributed by atoms with E-state index in [4.69, 9.17) is 40.1 Å². The Morgan fingerprint density at radius 3 is 1.12 bits per heavy atom. The van der Waals surface area contributed by atoms with E-state index in [1.807, 2.05) is 0 Å². The van der Waals surface area contributed by atoms with Gasteiger partial charge in [0.15, 0.2) is 0 Å². The predicted octanol–water partition coefficient (Wildman–Crippen LogP) is 0.270. The molecule has 0 saturated carbocycles. The van der Waals surface area contributed by atoms with Crippen molar-refractivity contribution in [1.29, 1.82) is 0 Å². The highest BCUT2D eigenvalue weighted by Crippen LogP contribution is 2.02. The topological polar surface area (TPSA) is 242 Å². The highest BCUT2D eigenvalue weighted by Gasteiger charge is 2.10. The Morgan fingerprint density at radius 2 is 0.882 bits per heavy atom. The second-order valence-electron chi connectivity index (χ2n) is 6.38. The minimum Gasteiger partial charge on any atom is -0.481 e. The van der Waals surface area contributed by atoms with Crippen molar-refractivity contribution in [3.8, 4) is 0 Å². The van der Waals surface area contributed by atoms with Gasteiger partial charge < -0.3 is 40.1 Å². The molecule has 0 unspecified atom stereocenters. The summed E-state index contributed by atoms with van der Waals surface area (Å²) in [5.41, 5.74) is 0. The largest absolute Gasteiger partial charge is 0.481 e. The number of aliphatic hydroxyl groups is 2. The SMILES string of the molecule is O=C(O)CCC(=O)O.O=C(O)CCCCC(=O)O.O=C1CCC(=O)OCCCCO1.OCCO. The van der Waals surface area contributed by atoms with Crippen LogP contribution in [0.2, 0.25) is 0 Å². The molecule has 0 spiro atoms. The number of cyclic esters (lactones) is 2. The lowest BCUT2D eigenvalue weighted by molar-refractivity contribution is -0.152. The third-order valence-electron chi connectivity index (χ3n) is 3.28. The number of aliphatic hydroxyl groups excluding tert-OH is 2. The van der Waals surface area contributed by atoms with Crippen LogP contribution in [-0.4, -0.2) is 92.9 Å². The molecule has 0 aliphatic carbocycles. The van der Waals surface area contributed by atoms with Crippen molar-refractivity contribution in [2.75, 3.05) is 26.4 Å². The fraction of sp³-hybridized carbons (Fsp3) is 0.700. The zero-order valence-corrected chi connectivity index (χ0v) is 18.8. The van der Waals surface area contributed by atoms with Crippen molar-refractivity contribution >= 4 is 35.8 Å². The van der Waals surface area contributed by atoms with E-state index in [-0.39, 0.29) is 63.7 Å². The number of ether oxygens (including phenoxy) is 2. The number of hydrogen-bond donors (Lipinski definition) is 6. The van der Waals surface area contributed by atoms with Crippen molar-refractivity contribution in [2.24, 2.45) is 0 Å². The van der Waals surface area contributed by atoms with Crippen molar-refractivity contribution < 1.29 is 68.9 Å². The summed E-state index contributed by atoms with van der Waals surface area (Å²) < 4.78 is 9.64. The molecule has 1 rings (SSSR count). The Kier molecular flexibility index (Phi) is 27.0. The fourth-order valence-corrected chi connectivity index (χ4v) is 1.69. The summed E-state index contributed by atoms with van der Waals surface area (Å²) in [4.78, 5) is 60.7. The van der Waals surface area contributed by atoms with Crippen LogP contribution < -0.4 is 0 Å². The first-order valence-corrected chi connectivity index (χ1v) is 10.4. The maximum atomic E-state index is 10.8. The van der Waals surface area contributed by atoms with Crippen molar-refractivity contribution in [3.63, 3.8) is 0 Å². The molecular weight excluding hydrogens is 464 g/mol. The highest BCUT2D eigenvalue weighted by molar-refractivity contribution is 5.77. The van der Waals surface area contributed by atoms with E-state index in [0.29, 0.717) is 26.1 Å². The molecule has 34 heavy (non-hydrogen) atoms. The minimum absolute atomic E-state index is 0.0628. The summed E-state index contributed by atoms with van der Waals surface area (Å²) >= 11 is 0. The minimum atomic E-state index is -1.08. The van der Waals surface area contributed by atoms with Gasteiger partial charge in [0.1, 0.15) is 0 Å². The normalized spacial score (nSPS) is 13.0. The summed E-state index contributed by atoms with van der Waals surface area (Å²) in [6, 6.07) is 0. The number of carbonyl (C=O) groups is 6. The van der Waals surface area contributed by atoms with Crippen molar-refractivity contribution in [3.05, 3.63) is 0 Å². The molecule has 0 bridgehead atoms. The maximum absolute atomic E-state index is 10.8. The first-order chi connectivity index (χ1) is 16.0. The van der Waals surface area contributed by atoms with Gasteiger partial charge in [-0.2, -0.15) is 0 Å². The van der Waals surface area contributed by atoms with Crippen LogP contribution in [0.25, 0.3) is 0 Å². The van der Waals surface area contributed by atoms with Gasteiger partial charge in [0, 0.05) is 12.8 Å². The van der Waals surface area contributed by atoms with Gasteiger partial charge in [-0.1, -0.05) is 0 Å². The van der Waals surface area contributed by atoms with Gasteiger partial charge in [-0.15, -0.1) is 0 Å². The van der Waals surface area contributed by atoms with Gasteiger partial charge in [0.25, 0.3) is 0 Å². The molecule has 0 radical (unpaired) electrons. The van der Waals surface area contributed by atoms with Gasteiger partial charge in [0.05, 0.1) is 52.1 Å². The summed E-state index contributed by atoms with van der Waals surface area (Å²) in [6.07, 6.45) is 2.23. The predicted molar refractivity (Wildman–Crippen MR) is 113 cm³/mol. The average Bonchev–Trinajstić information content (AvgIpc) is 2.77. The standard InChI is InChI=1S/C8H12O4.C6H10O4.C4H6O4.C2H6O2/c9-7-3-4-8(10)12-6-2-1-5-11-7;7-5(8)3-1-2-4-6(9)10;5-3(6)1-2-4(7)8;3-1-2-4/h1-6H2;1-4H2,(H,7,8)(H,9,10);1-2H2,(H,5,6)(H,7,8);3-4H,1-2H2. The number of carboxylic acid groups (broad SMARTS) is 4. The molecule has 6 N–H and O–H groups in total. The van der Waals surface area contributed by atoms with E-state index in [1.54, 1.807) is 0 Å². The highest BCUT2D eigenvalue weighted by atomic mass is 16.5. The van der Waals surface area contributed by atoms with Gasteiger partial charge in [-0.25, -0.2) is 0 Å². The maximum Gasteiger partial charge on any atom is 0.306 e. The number of rotatable bonds is 9. The Hall–Kier alpha value is -3.26. The number of aliphatic carboxylic acids is 4. The van der Waals surface area contributed by atoms with E-state index in [0.717, 1.165) is 12.8 Å². The van der Waals surface area contributed by atoms with Crippen LogP contribution in [0.5, 0.6) is 0 Å². The van der Waals surface area contributed by atoms with Crippen LogP contribution in [-0.2, 0) is 38.2 Å². The van der Waals surface area contributed by atoms with Crippen LogP contribution in [0.1, 0.15) is 64.2 Å². The van der Waals surface area contributed by atoms with Crippen LogP contribution >= 0.6 is 0 Å². The lowest BCUT2D eigenvalue weighted by atomic mass is 10.2.